The van der Waals surface area contributed by atoms with Crippen molar-refractivity contribution in [3.63, 3.8) is 0 Å². The molecule has 2 heteroatoms. The second kappa shape index (κ2) is 5.96. The van der Waals surface area contributed by atoms with Gasteiger partial charge in [0, 0.05) is 31.4 Å². The Labute approximate surface area is 118 Å². The minimum atomic E-state index is 0.629. The highest BCUT2D eigenvalue weighted by molar-refractivity contribution is 5.50. The van der Waals surface area contributed by atoms with Gasteiger partial charge in [-0.2, -0.15) is 0 Å². The zero-order valence-electron chi connectivity index (χ0n) is 13.1. The van der Waals surface area contributed by atoms with Crippen LogP contribution in [0, 0.1) is 5.92 Å². The topological polar surface area (TPSA) is 6.48 Å². The molecule has 2 unspecified atom stereocenters. The number of nitrogens with zero attached hydrogens (tertiary/aromatic N) is 2. The molecule has 0 amide bonds. The van der Waals surface area contributed by atoms with Crippen molar-refractivity contribution < 1.29 is 0 Å². The van der Waals surface area contributed by atoms with Gasteiger partial charge in [-0.25, -0.2) is 0 Å². The summed E-state index contributed by atoms with van der Waals surface area (Å²) < 4.78 is 0. The third kappa shape index (κ3) is 3.30. The molecule has 0 radical (unpaired) electrons. The van der Waals surface area contributed by atoms with E-state index in [1.807, 2.05) is 0 Å². The molecule has 0 bridgehead atoms. The van der Waals surface area contributed by atoms with E-state index in [0.717, 1.165) is 19.6 Å². The van der Waals surface area contributed by atoms with E-state index in [4.69, 9.17) is 0 Å². The molecule has 2 nitrogen and oxygen atoms in total. The molecule has 0 aliphatic carbocycles. The van der Waals surface area contributed by atoms with Gasteiger partial charge in [0.2, 0.25) is 0 Å². The van der Waals surface area contributed by atoms with E-state index in [2.05, 4.69) is 68.8 Å². The molecule has 106 valence electrons. The number of hydrogen-bond donors (Lipinski definition) is 0. The first kappa shape index (κ1) is 14.4. The molecule has 0 aromatic heterocycles. The highest BCUT2D eigenvalue weighted by Crippen LogP contribution is 2.27. The quantitative estimate of drug-likeness (QED) is 0.819. The van der Waals surface area contributed by atoms with Crippen LogP contribution in [0.1, 0.15) is 39.2 Å². The summed E-state index contributed by atoms with van der Waals surface area (Å²) in [6.45, 7) is 12.7. The lowest BCUT2D eigenvalue weighted by Crippen LogP contribution is -2.50. The van der Waals surface area contributed by atoms with Crippen molar-refractivity contribution in [3.05, 3.63) is 29.8 Å². The highest BCUT2D eigenvalue weighted by atomic mass is 15.3. The molecule has 19 heavy (non-hydrogen) atoms. The third-order valence-electron chi connectivity index (χ3n) is 4.72. The van der Waals surface area contributed by atoms with Crippen molar-refractivity contribution >= 4 is 5.69 Å². The Kier molecular flexibility index (Phi) is 4.51. The summed E-state index contributed by atoms with van der Waals surface area (Å²) in [5.41, 5.74) is 2.86. The van der Waals surface area contributed by atoms with Crippen LogP contribution in [-0.4, -0.2) is 37.6 Å². The van der Waals surface area contributed by atoms with E-state index in [-0.39, 0.29) is 0 Å². The molecule has 2 rings (SSSR count). The maximum absolute atomic E-state index is 2.53. The van der Waals surface area contributed by atoms with E-state index >= 15 is 0 Å². The first-order chi connectivity index (χ1) is 8.99. The van der Waals surface area contributed by atoms with E-state index in [0.29, 0.717) is 17.9 Å². The van der Waals surface area contributed by atoms with Gasteiger partial charge < -0.3 is 9.80 Å². The Morgan fingerprint density at radius 1 is 1.16 bits per heavy atom. The minimum absolute atomic E-state index is 0.629. The van der Waals surface area contributed by atoms with Crippen LogP contribution in [0.3, 0.4) is 0 Å². The standard InChI is InChI=1S/C17H28N2/c1-13(2)15(4)16-7-6-8-17(11-16)19-10-9-18(5)14(3)12-19/h6-8,11,13-15H,9-10,12H2,1-5H3. The molecule has 2 atom stereocenters. The lowest BCUT2D eigenvalue weighted by molar-refractivity contribution is 0.234. The van der Waals surface area contributed by atoms with Crippen LogP contribution in [0.5, 0.6) is 0 Å². The number of piperazine rings is 1. The largest absolute Gasteiger partial charge is 0.369 e. The summed E-state index contributed by atoms with van der Waals surface area (Å²) in [7, 11) is 2.22. The number of anilines is 1. The van der Waals surface area contributed by atoms with Crippen LogP contribution in [0.15, 0.2) is 24.3 Å². The number of hydrogen-bond acceptors (Lipinski definition) is 2. The number of rotatable bonds is 3. The smallest absolute Gasteiger partial charge is 0.0370 e. The van der Waals surface area contributed by atoms with E-state index in [1.54, 1.807) is 0 Å². The van der Waals surface area contributed by atoms with E-state index < -0.39 is 0 Å². The zero-order valence-corrected chi connectivity index (χ0v) is 13.1. The average Bonchev–Trinajstić information content (AvgIpc) is 2.41. The van der Waals surface area contributed by atoms with Gasteiger partial charge in [-0.05, 0) is 43.5 Å². The summed E-state index contributed by atoms with van der Waals surface area (Å²) in [4.78, 5) is 4.97. The molecule has 1 fully saturated rings. The SMILES string of the molecule is CC(C)C(C)c1cccc(N2CCN(C)C(C)C2)c1. The second-order valence-electron chi connectivity index (χ2n) is 6.40. The van der Waals surface area contributed by atoms with Gasteiger partial charge >= 0.3 is 0 Å². The fourth-order valence-electron chi connectivity index (χ4n) is 2.67. The second-order valence-corrected chi connectivity index (χ2v) is 6.40. The zero-order chi connectivity index (χ0) is 14.0. The van der Waals surface area contributed by atoms with Gasteiger partial charge in [-0.3, -0.25) is 0 Å². The van der Waals surface area contributed by atoms with Crippen molar-refractivity contribution in [3.8, 4) is 0 Å². The van der Waals surface area contributed by atoms with E-state index in [9.17, 15) is 0 Å². The van der Waals surface area contributed by atoms with Gasteiger partial charge in [0.15, 0.2) is 0 Å². The Hall–Kier alpha value is -1.02. The molecule has 0 N–H and O–H groups in total. The average molecular weight is 260 g/mol. The summed E-state index contributed by atoms with van der Waals surface area (Å²) in [6, 6.07) is 9.78. The van der Waals surface area contributed by atoms with Crippen molar-refractivity contribution in [1.82, 2.24) is 4.90 Å². The fraction of sp³-hybridized carbons (Fsp3) is 0.647. The number of benzene rings is 1. The maximum Gasteiger partial charge on any atom is 0.0370 e. The normalized spacial score (nSPS) is 22.8. The van der Waals surface area contributed by atoms with Crippen LogP contribution in [-0.2, 0) is 0 Å². The molecule has 1 heterocycles. The lowest BCUT2D eigenvalue weighted by Gasteiger charge is -2.39. The Morgan fingerprint density at radius 3 is 2.53 bits per heavy atom. The van der Waals surface area contributed by atoms with Crippen LogP contribution < -0.4 is 4.90 Å². The van der Waals surface area contributed by atoms with Gasteiger partial charge in [0.05, 0.1) is 0 Å². The van der Waals surface area contributed by atoms with Gasteiger partial charge in [-0.15, -0.1) is 0 Å². The summed E-state index contributed by atoms with van der Waals surface area (Å²) >= 11 is 0. The monoisotopic (exact) mass is 260 g/mol. The first-order valence-electron chi connectivity index (χ1n) is 7.54. The van der Waals surface area contributed by atoms with Gasteiger partial charge in [0.1, 0.15) is 0 Å². The molecule has 1 aliphatic rings. The Bertz CT molecular complexity index is 413. The lowest BCUT2D eigenvalue weighted by atomic mass is 9.90. The van der Waals surface area contributed by atoms with Gasteiger partial charge in [-0.1, -0.05) is 32.9 Å². The summed E-state index contributed by atoms with van der Waals surface area (Å²) in [5.74, 6) is 1.33. The van der Waals surface area contributed by atoms with Crippen molar-refractivity contribution in [2.45, 2.75) is 39.7 Å². The van der Waals surface area contributed by atoms with Crippen LogP contribution in [0.4, 0.5) is 5.69 Å². The van der Waals surface area contributed by atoms with Crippen molar-refractivity contribution in [2.24, 2.45) is 5.92 Å². The Morgan fingerprint density at radius 2 is 1.89 bits per heavy atom. The van der Waals surface area contributed by atoms with Crippen molar-refractivity contribution in [2.75, 3.05) is 31.6 Å². The van der Waals surface area contributed by atoms with Gasteiger partial charge in [0.25, 0.3) is 0 Å². The highest BCUT2D eigenvalue weighted by Gasteiger charge is 2.21. The molecular formula is C17H28N2. The predicted molar refractivity (Wildman–Crippen MR) is 84.0 cm³/mol. The molecule has 0 spiro atoms. The fourth-order valence-corrected chi connectivity index (χ4v) is 2.67. The van der Waals surface area contributed by atoms with E-state index in [1.165, 1.54) is 11.3 Å². The summed E-state index contributed by atoms with van der Waals surface area (Å²) in [6.07, 6.45) is 0. The molecule has 1 aromatic rings. The molecular weight excluding hydrogens is 232 g/mol. The number of likely N-dealkylation sites (N-methyl/N-ethyl adjacent to an activating group) is 1. The molecule has 0 saturated carbocycles. The van der Waals surface area contributed by atoms with Crippen LogP contribution in [0.25, 0.3) is 0 Å². The Balaban J connectivity index is 2.15. The first-order valence-corrected chi connectivity index (χ1v) is 7.54. The predicted octanol–water partition coefficient (Wildman–Crippen LogP) is 3.59. The van der Waals surface area contributed by atoms with Crippen LogP contribution >= 0.6 is 0 Å². The van der Waals surface area contributed by atoms with Crippen LogP contribution in [0.2, 0.25) is 0 Å². The summed E-state index contributed by atoms with van der Waals surface area (Å²) in [5, 5.41) is 0. The van der Waals surface area contributed by atoms with Crippen molar-refractivity contribution in [1.29, 1.82) is 0 Å². The molecule has 1 aromatic carbocycles. The molecule has 1 saturated heterocycles. The minimum Gasteiger partial charge on any atom is -0.369 e. The maximum atomic E-state index is 2.53. The molecule has 1 aliphatic heterocycles. The third-order valence-corrected chi connectivity index (χ3v) is 4.72.